The van der Waals surface area contributed by atoms with E-state index in [0.717, 1.165) is 19.3 Å². The number of nitrogens with one attached hydrogen (secondary N) is 1. The molecule has 0 aliphatic rings. The highest BCUT2D eigenvalue weighted by Crippen LogP contribution is 2.11. The summed E-state index contributed by atoms with van der Waals surface area (Å²) >= 11 is 0. The van der Waals surface area contributed by atoms with E-state index in [2.05, 4.69) is 12.2 Å². The van der Waals surface area contributed by atoms with Crippen LogP contribution in [0.3, 0.4) is 0 Å². The summed E-state index contributed by atoms with van der Waals surface area (Å²) in [5.41, 5.74) is 0.307. The first-order valence-electron chi connectivity index (χ1n) is 6.32. The highest BCUT2D eigenvalue weighted by atomic mass is 32.2. The second kappa shape index (κ2) is 6.68. The lowest BCUT2D eigenvalue weighted by atomic mass is 10.1. The Kier molecular flexibility index (Phi) is 5.50. The third-order valence-electron chi connectivity index (χ3n) is 2.89. The second-order valence-electron chi connectivity index (χ2n) is 4.44. The molecule has 0 saturated heterocycles. The van der Waals surface area contributed by atoms with E-state index in [1.807, 2.05) is 6.92 Å². The number of carbonyl (C=O) groups is 1. The van der Waals surface area contributed by atoms with Gasteiger partial charge in [0.2, 0.25) is 10.0 Å². The van der Waals surface area contributed by atoms with Gasteiger partial charge in [0, 0.05) is 11.6 Å². The zero-order chi connectivity index (χ0) is 14.5. The number of nitrogens with two attached hydrogens (primary N) is 1. The number of hydrogen-bond acceptors (Lipinski definition) is 3. The van der Waals surface area contributed by atoms with Crippen molar-refractivity contribution in [2.45, 2.75) is 44.0 Å². The van der Waals surface area contributed by atoms with Gasteiger partial charge in [0.05, 0.1) is 4.90 Å². The molecule has 1 rings (SSSR count). The average Bonchev–Trinajstić information content (AvgIpc) is 2.37. The molecular formula is C13H20N2O3S. The van der Waals surface area contributed by atoms with Crippen molar-refractivity contribution >= 4 is 15.9 Å². The first kappa shape index (κ1) is 15.7. The average molecular weight is 284 g/mol. The van der Waals surface area contributed by atoms with E-state index in [-0.39, 0.29) is 16.8 Å². The summed E-state index contributed by atoms with van der Waals surface area (Å²) in [5, 5.41) is 7.93. The Morgan fingerprint density at radius 1 is 1.37 bits per heavy atom. The van der Waals surface area contributed by atoms with Crippen LogP contribution in [0.2, 0.25) is 0 Å². The molecule has 1 unspecified atom stereocenters. The molecule has 106 valence electrons. The lowest BCUT2D eigenvalue weighted by Gasteiger charge is -2.16. The van der Waals surface area contributed by atoms with Crippen LogP contribution in [0, 0.1) is 0 Å². The molecule has 0 aromatic heterocycles. The molecule has 1 aromatic rings. The lowest BCUT2D eigenvalue weighted by Crippen LogP contribution is -2.34. The standard InChI is InChI=1S/C13H20N2O3S/c1-3-6-11(4-2)15-13(16)10-7-5-8-12(9-10)19(14,17)18/h5,7-9,11H,3-4,6H2,1-2H3,(H,15,16)(H2,14,17,18). The molecule has 0 fully saturated rings. The van der Waals surface area contributed by atoms with Gasteiger partial charge in [0.15, 0.2) is 0 Å². The van der Waals surface area contributed by atoms with Crippen LogP contribution in [0.1, 0.15) is 43.5 Å². The molecule has 1 amide bonds. The number of benzene rings is 1. The zero-order valence-corrected chi connectivity index (χ0v) is 12.0. The van der Waals surface area contributed by atoms with E-state index in [9.17, 15) is 13.2 Å². The maximum Gasteiger partial charge on any atom is 0.251 e. The molecular weight excluding hydrogens is 264 g/mol. The third kappa shape index (κ3) is 4.65. The molecule has 0 heterocycles. The van der Waals surface area contributed by atoms with Crippen molar-refractivity contribution in [3.63, 3.8) is 0 Å². The highest BCUT2D eigenvalue weighted by Gasteiger charge is 2.14. The molecule has 1 atom stereocenters. The Morgan fingerprint density at radius 2 is 2.05 bits per heavy atom. The summed E-state index contributed by atoms with van der Waals surface area (Å²) in [6, 6.07) is 5.85. The fraction of sp³-hybridized carbons (Fsp3) is 0.462. The highest BCUT2D eigenvalue weighted by molar-refractivity contribution is 7.89. The molecule has 0 aliphatic carbocycles. The van der Waals surface area contributed by atoms with E-state index in [0.29, 0.717) is 5.56 Å². The van der Waals surface area contributed by atoms with Gasteiger partial charge in [-0.3, -0.25) is 4.79 Å². The van der Waals surface area contributed by atoms with Crippen molar-refractivity contribution < 1.29 is 13.2 Å². The zero-order valence-electron chi connectivity index (χ0n) is 11.2. The van der Waals surface area contributed by atoms with Crippen LogP contribution in [-0.4, -0.2) is 20.4 Å². The molecule has 0 radical (unpaired) electrons. The fourth-order valence-corrected chi connectivity index (χ4v) is 2.37. The first-order valence-corrected chi connectivity index (χ1v) is 7.86. The first-order chi connectivity index (χ1) is 8.88. The van der Waals surface area contributed by atoms with E-state index >= 15 is 0 Å². The van der Waals surface area contributed by atoms with E-state index in [1.165, 1.54) is 18.2 Å². The summed E-state index contributed by atoms with van der Waals surface area (Å²) in [4.78, 5) is 12.0. The number of carbonyl (C=O) groups excluding carboxylic acids is 1. The van der Waals surface area contributed by atoms with Crippen LogP contribution >= 0.6 is 0 Å². The summed E-state index contributed by atoms with van der Waals surface area (Å²) < 4.78 is 22.5. The maximum absolute atomic E-state index is 12.0. The van der Waals surface area contributed by atoms with Crippen LogP contribution < -0.4 is 10.5 Å². The summed E-state index contributed by atoms with van der Waals surface area (Å²) in [6.45, 7) is 4.05. The summed E-state index contributed by atoms with van der Waals surface area (Å²) in [6.07, 6.45) is 2.72. The van der Waals surface area contributed by atoms with Crippen molar-refractivity contribution in [2.75, 3.05) is 0 Å². The number of sulfonamides is 1. The Balaban J connectivity index is 2.88. The fourth-order valence-electron chi connectivity index (χ4n) is 1.81. The summed E-state index contributed by atoms with van der Waals surface area (Å²) in [5.74, 6) is -0.272. The van der Waals surface area contributed by atoms with E-state index in [4.69, 9.17) is 5.14 Å². The van der Waals surface area contributed by atoms with Gasteiger partial charge in [0.1, 0.15) is 0 Å². The van der Waals surface area contributed by atoms with Gasteiger partial charge in [-0.15, -0.1) is 0 Å². The van der Waals surface area contributed by atoms with Gasteiger partial charge >= 0.3 is 0 Å². The Bertz CT molecular complexity index is 541. The number of amides is 1. The van der Waals surface area contributed by atoms with Crippen molar-refractivity contribution in [1.29, 1.82) is 0 Å². The van der Waals surface area contributed by atoms with Gasteiger partial charge in [-0.25, -0.2) is 13.6 Å². The van der Waals surface area contributed by atoms with Crippen LogP contribution in [0.15, 0.2) is 29.2 Å². The number of hydrogen-bond donors (Lipinski definition) is 2. The maximum atomic E-state index is 12.0. The van der Waals surface area contributed by atoms with Gasteiger partial charge in [-0.05, 0) is 31.0 Å². The Morgan fingerprint density at radius 3 is 2.58 bits per heavy atom. The van der Waals surface area contributed by atoms with Gasteiger partial charge in [0.25, 0.3) is 5.91 Å². The van der Waals surface area contributed by atoms with Crippen LogP contribution in [0.5, 0.6) is 0 Å². The Labute approximate surface area is 114 Å². The van der Waals surface area contributed by atoms with E-state index in [1.54, 1.807) is 6.07 Å². The van der Waals surface area contributed by atoms with Crippen molar-refractivity contribution in [3.05, 3.63) is 29.8 Å². The van der Waals surface area contributed by atoms with Crippen LogP contribution in [0.25, 0.3) is 0 Å². The number of primary sulfonamides is 1. The lowest BCUT2D eigenvalue weighted by molar-refractivity contribution is 0.0933. The third-order valence-corrected chi connectivity index (χ3v) is 3.80. The number of rotatable bonds is 6. The SMILES string of the molecule is CCCC(CC)NC(=O)c1cccc(S(N)(=O)=O)c1. The molecule has 1 aromatic carbocycles. The van der Waals surface area contributed by atoms with Crippen LogP contribution in [-0.2, 0) is 10.0 Å². The smallest absolute Gasteiger partial charge is 0.251 e. The minimum atomic E-state index is -3.78. The van der Waals surface area contributed by atoms with Crippen molar-refractivity contribution in [1.82, 2.24) is 5.32 Å². The molecule has 0 spiro atoms. The van der Waals surface area contributed by atoms with Gasteiger partial charge in [-0.2, -0.15) is 0 Å². The molecule has 19 heavy (non-hydrogen) atoms. The molecule has 3 N–H and O–H groups in total. The molecule has 0 saturated carbocycles. The predicted octanol–water partition coefficient (Wildman–Crippen LogP) is 1.64. The largest absolute Gasteiger partial charge is 0.349 e. The topological polar surface area (TPSA) is 89.3 Å². The monoisotopic (exact) mass is 284 g/mol. The van der Waals surface area contributed by atoms with Gasteiger partial charge < -0.3 is 5.32 Å². The van der Waals surface area contributed by atoms with Crippen LogP contribution in [0.4, 0.5) is 0 Å². The molecule has 5 nitrogen and oxygen atoms in total. The van der Waals surface area contributed by atoms with E-state index < -0.39 is 10.0 Å². The van der Waals surface area contributed by atoms with Gasteiger partial charge in [-0.1, -0.05) is 26.3 Å². The molecule has 0 bridgehead atoms. The minimum Gasteiger partial charge on any atom is -0.349 e. The quantitative estimate of drug-likeness (QED) is 0.832. The summed E-state index contributed by atoms with van der Waals surface area (Å²) in [7, 11) is -3.78. The van der Waals surface area contributed by atoms with Crippen molar-refractivity contribution in [3.8, 4) is 0 Å². The molecule has 0 aliphatic heterocycles. The Hall–Kier alpha value is -1.40. The second-order valence-corrected chi connectivity index (χ2v) is 6.00. The van der Waals surface area contributed by atoms with Crippen molar-refractivity contribution in [2.24, 2.45) is 5.14 Å². The minimum absolute atomic E-state index is 0.0521. The molecule has 6 heteroatoms. The predicted molar refractivity (Wildman–Crippen MR) is 74.3 cm³/mol. The normalized spacial score (nSPS) is 13.0.